The first-order valence-corrected chi connectivity index (χ1v) is 13.1. The molecule has 2 N–H and O–H groups in total. The molecular formula is C24H30N10O7. The van der Waals surface area contributed by atoms with Crippen molar-refractivity contribution in [1.29, 1.82) is 0 Å². The molecule has 1 aromatic rings. The van der Waals surface area contributed by atoms with Gasteiger partial charge in [-0.1, -0.05) is 45.7 Å². The quantitative estimate of drug-likeness (QED) is 0.180. The molecule has 1 saturated heterocycles. The summed E-state index contributed by atoms with van der Waals surface area (Å²) in [6, 6.07) is 6.36. The molecule has 3 fully saturated rings. The Kier molecular flexibility index (Phi) is 9.73. The maximum atomic E-state index is 12.6. The maximum Gasteiger partial charge on any atom is 0.407 e. The van der Waals surface area contributed by atoms with E-state index in [1.807, 2.05) is 30.3 Å². The number of carbonyl (C=O) groups excluding carboxylic acids is 2. The summed E-state index contributed by atoms with van der Waals surface area (Å²) in [5.41, 5.74) is 27.3. The molecule has 0 aromatic heterocycles. The predicted octanol–water partition coefficient (Wildman–Crippen LogP) is 4.07. The molecule has 1 aliphatic heterocycles. The van der Waals surface area contributed by atoms with Crippen molar-refractivity contribution in [3.05, 3.63) is 67.2 Å². The van der Waals surface area contributed by atoms with Crippen LogP contribution in [0.15, 0.2) is 45.7 Å². The maximum absolute atomic E-state index is 12.6. The Hall–Kier alpha value is -4.23. The van der Waals surface area contributed by atoms with Crippen LogP contribution in [0.1, 0.15) is 44.6 Å². The van der Waals surface area contributed by atoms with Crippen molar-refractivity contribution < 1.29 is 33.6 Å². The molecule has 17 nitrogen and oxygen atoms in total. The van der Waals surface area contributed by atoms with E-state index in [0.29, 0.717) is 25.7 Å². The molecule has 1 heterocycles. The molecule has 0 bridgehead atoms. The molecule has 0 radical (unpaired) electrons. The van der Waals surface area contributed by atoms with Gasteiger partial charge in [-0.25, -0.2) is 4.79 Å². The Morgan fingerprint density at radius 3 is 2.27 bits per heavy atom. The Bertz CT molecular complexity index is 1240. The van der Waals surface area contributed by atoms with Crippen LogP contribution in [0.5, 0.6) is 0 Å². The molecule has 4 rings (SSSR count). The van der Waals surface area contributed by atoms with Gasteiger partial charge in [0.1, 0.15) is 18.8 Å². The molecule has 2 aliphatic carbocycles. The predicted molar refractivity (Wildman–Crippen MR) is 139 cm³/mol. The zero-order chi connectivity index (χ0) is 29.4. The zero-order valence-corrected chi connectivity index (χ0v) is 22.2. The van der Waals surface area contributed by atoms with Crippen LogP contribution in [-0.2, 0) is 30.3 Å². The van der Waals surface area contributed by atoms with Crippen LogP contribution in [0.3, 0.4) is 0 Å². The lowest BCUT2D eigenvalue weighted by Crippen LogP contribution is -2.60. The van der Waals surface area contributed by atoms with Gasteiger partial charge in [0.2, 0.25) is 0 Å². The summed E-state index contributed by atoms with van der Waals surface area (Å²) >= 11 is 0. The molecule has 3 aliphatic rings. The standard InChI is InChI=1S/C24H30N10O7/c1-13(35)39-20-16(30-33-26)11-17(31-34-27)21(19(20)36)41-22-15(29-32-25)7-8-18(40-22)24(9-10-24)28-23(37)38-12-14-5-3-2-4-6-14/h2-6,15-22,36H,7-12H2,1H3,(H,28,37)/t15-,16-,17+,18+,19-,20+,21-,22-/m1/s1. The van der Waals surface area contributed by atoms with Crippen molar-refractivity contribution >= 4 is 12.1 Å². The van der Waals surface area contributed by atoms with Gasteiger partial charge >= 0.3 is 12.1 Å². The third-order valence-electron chi connectivity index (χ3n) is 7.41. The van der Waals surface area contributed by atoms with Crippen molar-refractivity contribution in [2.24, 2.45) is 15.3 Å². The van der Waals surface area contributed by atoms with Crippen molar-refractivity contribution in [2.45, 2.75) is 100 Å². The van der Waals surface area contributed by atoms with Gasteiger partial charge in [0.15, 0.2) is 6.29 Å². The molecule has 0 spiro atoms. The minimum atomic E-state index is -1.57. The van der Waals surface area contributed by atoms with Crippen LogP contribution in [0.25, 0.3) is 31.3 Å². The van der Waals surface area contributed by atoms with Crippen LogP contribution >= 0.6 is 0 Å². The van der Waals surface area contributed by atoms with Crippen LogP contribution in [0.4, 0.5) is 4.79 Å². The monoisotopic (exact) mass is 570 g/mol. The van der Waals surface area contributed by atoms with Gasteiger partial charge in [0.05, 0.1) is 35.9 Å². The summed E-state index contributed by atoms with van der Waals surface area (Å²) in [6.07, 6.45) is -4.55. The topological polar surface area (TPSA) is 250 Å². The van der Waals surface area contributed by atoms with E-state index in [-0.39, 0.29) is 13.0 Å². The molecule has 218 valence electrons. The Labute approximate surface area is 234 Å². The fourth-order valence-electron chi connectivity index (χ4n) is 5.29. The van der Waals surface area contributed by atoms with Crippen LogP contribution in [0, 0.1) is 0 Å². The number of benzene rings is 1. The van der Waals surface area contributed by atoms with Crippen molar-refractivity contribution in [2.75, 3.05) is 0 Å². The van der Waals surface area contributed by atoms with Crippen LogP contribution in [-0.4, -0.2) is 71.5 Å². The third-order valence-corrected chi connectivity index (χ3v) is 7.41. The first-order chi connectivity index (χ1) is 19.8. The zero-order valence-electron chi connectivity index (χ0n) is 22.2. The van der Waals surface area contributed by atoms with E-state index < -0.39 is 66.4 Å². The second-order valence-electron chi connectivity index (χ2n) is 10.1. The van der Waals surface area contributed by atoms with Gasteiger partial charge in [0.25, 0.3) is 0 Å². The van der Waals surface area contributed by atoms with E-state index in [2.05, 4.69) is 35.4 Å². The van der Waals surface area contributed by atoms with E-state index in [0.717, 1.165) is 12.5 Å². The van der Waals surface area contributed by atoms with E-state index in [1.54, 1.807) is 0 Å². The van der Waals surface area contributed by atoms with Crippen LogP contribution in [0.2, 0.25) is 0 Å². The molecule has 17 heteroatoms. The van der Waals surface area contributed by atoms with Gasteiger partial charge in [0, 0.05) is 21.7 Å². The lowest BCUT2D eigenvalue weighted by Gasteiger charge is -2.45. The molecule has 1 amide bonds. The molecule has 8 atom stereocenters. The first-order valence-electron chi connectivity index (χ1n) is 13.1. The number of ether oxygens (including phenoxy) is 4. The summed E-state index contributed by atoms with van der Waals surface area (Å²) in [5.74, 6) is -0.727. The fourth-order valence-corrected chi connectivity index (χ4v) is 5.29. The van der Waals surface area contributed by atoms with Crippen LogP contribution < -0.4 is 5.32 Å². The molecule has 2 saturated carbocycles. The highest BCUT2D eigenvalue weighted by molar-refractivity contribution is 5.69. The van der Waals surface area contributed by atoms with Gasteiger partial charge in [-0.2, -0.15) is 0 Å². The van der Waals surface area contributed by atoms with Crippen molar-refractivity contribution in [3.8, 4) is 0 Å². The number of nitrogens with zero attached hydrogens (tertiary/aromatic N) is 9. The number of amides is 1. The minimum absolute atomic E-state index is 0.0884. The Morgan fingerprint density at radius 2 is 1.66 bits per heavy atom. The van der Waals surface area contributed by atoms with E-state index in [4.69, 9.17) is 35.5 Å². The number of aliphatic hydroxyl groups is 1. The minimum Gasteiger partial charge on any atom is -0.459 e. The van der Waals surface area contributed by atoms with Gasteiger partial charge in [-0.3, -0.25) is 4.79 Å². The molecule has 0 unspecified atom stereocenters. The average Bonchev–Trinajstić information content (AvgIpc) is 3.73. The SMILES string of the molecule is CC(=O)O[C@@H]1[C@@H](O)[C@H](O[C@H]2O[C@H](C3(NC(=O)OCc4ccccc4)CC3)CC[C@H]2N=[N+]=[N-])[C@@H](N=[N+]=[N-])C[C@H]1N=[N+]=[N-]. The molecule has 1 aromatic carbocycles. The van der Waals surface area contributed by atoms with E-state index in [9.17, 15) is 14.7 Å². The number of hydrogen-bond donors (Lipinski definition) is 2. The third kappa shape index (κ3) is 7.30. The number of carbonyl (C=O) groups is 2. The van der Waals surface area contributed by atoms with Gasteiger partial charge in [-0.15, -0.1) is 0 Å². The summed E-state index contributed by atoms with van der Waals surface area (Å²) in [6.45, 7) is 1.23. The van der Waals surface area contributed by atoms with E-state index >= 15 is 0 Å². The highest BCUT2D eigenvalue weighted by atomic mass is 16.7. The highest BCUT2D eigenvalue weighted by Crippen LogP contribution is 2.45. The number of alkyl carbamates (subject to hydrolysis) is 1. The Morgan fingerprint density at radius 1 is 1.02 bits per heavy atom. The van der Waals surface area contributed by atoms with Crippen molar-refractivity contribution in [3.63, 3.8) is 0 Å². The van der Waals surface area contributed by atoms with E-state index in [1.165, 1.54) is 0 Å². The number of nitrogens with one attached hydrogen (secondary N) is 1. The number of rotatable bonds is 10. The van der Waals surface area contributed by atoms with Gasteiger partial charge < -0.3 is 29.4 Å². The van der Waals surface area contributed by atoms with Crippen molar-refractivity contribution in [1.82, 2.24) is 5.32 Å². The molecular weight excluding hydrogens is 540 g/mol. The summed E-state index contributed by atoms with van der Waals surface area (Å²) in [4.78, 5) is 32.8. The average molecular weight is 571 g/mol. The lowest BCUT2D eigenvalue weighted by molar-refractivity contribution is -0.259. The first kappa shape index (κ1) is 29.7. The summed E-state index contributed by atoms with van der Waals surface area (Å²) in [7, 11) is 0. The summed E-state index contributed by atoms with van der Waals surface area (Å²) in [5, 5.41) is 25.1. The Balaban J connectivity index is 1.49. The fraction of sp³-hybridized carbons (Fsp3) is 0.667. The number of azide groups is 3. The molecule has 41 heavy (non-hydrogen) atoms. The smallest absolute Gasteiger partial charge is 0.407 e. The van der Waals surface area contributed by atoms with Gasteiger partial charge in [-0.05, 0) is 54.3 Å². The number of aliphatic hydroxyl groups excluding tert-OH is 1. The number of esters is 1. The number of hydrogen-bond acceptors (Lipinski definition) is 10. The largest absolute Gasteiger partial charge is 0.459 e. The lowest BCUT2D eigenvalue weighted by atomic mass is 9.84. The second kappa shape index (κ2) is 13.4. The highest BCUT2D eigenvalue weighted by Gasteiger charge is 2.55. The normalized spacial score (nSPS) is 31.7. The second-order valence-corrected chi connectivity index (χ2v) is 10.1. The summed E-state index contributed by atoms with van der Waals surface area (Å²) < 4.78 is 22.9.